The summed E-state index contributed by atoms with van der Waals surface area (Å²) in [6.45, 7) is 0. The van der Waals surface area contributed by atoms with Crippen LogP contribution < -0.4 is 15.8 Å². The maximum atomic E-state index is 11.2. The number of hydrogen-bond donors (Lipinski definition) is 3. The molecule has 0 aliphatic carbocycles. The largest absolute Gasteiger partial charge is 0.495 e. The van der Waals surface area contributed by atoms with Crippen LogP contribution in [0.25, 0.3) is 0 Å². The molecule has 0 radical (unpaired) electrons. The minimum absolute atomic E-state index is 0.00638. The smallest absolute Gasteiger partial charge is 0.339 e. The number of benzene rings is 1. The molecule has 1 aromatic heterocycles. The molecular formula is C13H12BrN3O3. The molecule has 20 heavy (non-hydrogen) atoms. The monoisotopic (exact) mass is 337 g/mol. The van der Waals surface area contributed by atoms with Gasteiger partial charge in [-0.05, 0) is 34.1 Å². The molecule has 0 aliphatic rings. The Labute approximate surface area is 123 Å². The van der Waals surface area contributed by atoms with Gasteiger partial charge in [0.15, 0.2) is 0 Å². The number of nitrogens with two attached hydrogens (primary N) is 1. The van der Waals surface area contributed by atoms with E-state index in [4.69, 9.17) is 15.6 Å². The van der Waals surface area contributed by atoms with Crippen LogP contribution >= 0.6 is 15.9 Å². The summed E-state index contributed by atoms with van der Waals surface area (Å²) in [5, 5.41) is 12.1. The second-order valence-electron chi connectivity index (χ2n) is 3.94. The molecule has 0 unspecified atom stereocenters. The molecule has 104 valence electrons. The van der Waals surface area contributed by atoms with Gasteiger partial charge in [0.1, 0.15) is 17.1 Å². The van der Waals surface area contributed by atoms with E-state index in [1.54, 1.807) is 25.3 Å². The van der Waals surface area contributed by atoms with Gasteiger partial charge in [0.05, 0.1) is 23.5 Å². The molecule has 7 heteroatoms. The maximum Gasteiger partial charge on any atom is 0.339 e. The second kappa shape index (κ2) is 5.79. The number of nitrogens with zero attached hydrogens (tertiary/aromatic N) is 1. The van der Waals surface area contributed by atoms with E-state index in [-0.39, 0.29) is 11.4 Å². The summed E-state index contributed by atoms with van der Waals surface area (Å²) < 4.78 is 5.98. The standard InChI is InChI=1S/C13H12BrN3O3/c1-20-11-5-8(2-3-10(11)14)17-12-9(13(18)19)4-7(15)6-16-12/h2-6H,15H2,1H3,(H,16,17)(H,18,19). The normalized spacial score (nSPS) is 10.1. The topological polar surface area (TPSA) is 97.5 Å². The van der Waals surface area contributed by atoms with Gasteiger partial charge in [-0.25, -0.2) is 9.78 Å². The Morgan fingerprint density at radius 1 is 1.45 bits per heavy atom. The third-order valence-electron chi connectivity index (χ3n) is 2.55. The van der Waals surface area contributed by atoms with E-state index in [2.05, 4.69) is 26.2 Å². The molecule has 0 bridgehead atoms. The van der Waals surface area contributed by atoms with E-state index < -0.39 is 5.97 Å². The van der Waals surface area contributed by atoms with Gasteiger partial charge in [-0.3, -0.25) is 0 Å². The highest BCUT2D eigenvalue weighted by atomic mass is 79.9. The SMILES string of the molecule is COc1cc(Nc2ncc(N)cc2C(=O)O)ccc1Br. The lowest BCUT2D eigenvalue weighted by molar-refractivity contribution is 0.0697. The highest BCUT2D eigenvalue weighted by Crippen LogP contribution is 2.29. The predicted octanol–water partition coefficient (Wildman–Crippen LogP) is 2.88. The number of methoxy groups -OCH3 is 1. The number of carbonyl (C=O) groups is 1. The van der Waals surface area contributed by atoms with E-state index in [1.807, 2.05) is 0 Å². The zero-order valence-electron chi connectivity index (χ0n) is 10.6. The number of pyridine rings is 1. The number of halogens is 1. The average molecular weight is 338 g/mol. The lowest BCUT2D eigenvalue weighted by atomic mass is 10.2. The maximum absolute atomic E-state index is 11.2. The summed E-state index contributed by atoms with van der Waals surface area (Å²) >= 11 is 3.34. The average Bonchev–Trinajstić information content (AvgIpc) is 2.42. The van der Waals surface area contributed by atoms with Crippen LogP contribution in [0.1, 0.15) is 10.4 Å². The number of aromatic nitrogens is 1. The fourth-order valence-electron chi connectivity index (χ4n) is 1.62. The minimum Gasteiger partial charge on any atom is -0.495 e. The molecule has 0 saturated heterocycles. The number of aromatic carboxylic acids is 1. The number of hydrogen-bond acceptors (Lipinski definition) is 5. The van der Waals surface area contributed by atoms with Crippen molar-refractivity contribution in [2.75, 3.05) is 18.2 Å². The van der Waals surface area contributed by atoms with Crippen LogP contribution in [0.2, 0.25) is 0 Å². The molecule has 0 aliphatic heterocycles. The molecule has 0 saturated carbocycles. The first-order chi connectivity index (χ1) is 9.51. The van der Waals surface area contributed by atoms with Gasteiger partial charge < -0.3 is 20.9 Å². The highest BCUT2D eigenvalue weighted by Gasteiger charge is 2.13. The first kappa shape index (κ1) is 14.1. The Bertz CT molecular complexity index is 661. The molecule has 6 nitrogen and oxygen atoms in total. The zero-order valence-corrected chi connectivity index (χ0v) is 12.1. The van der Waals surface area contributed by atoms with Crippen LogP contribution in [0.4, 0.5) is 17.2 Å². The van der Waals surface area contributed by atoms with E-state index in [1.165, 1.54) is 12.3 Å². The molecule has 2 aromatic rings. The summed E-state index contributed by atoms with van der Waals surface area (Å²) in [5.74, 6) is -0.255. The zero-order chi connectivity index (χ0) is 14.7. The third-order valence-corrected chi connectivity index (χ3v) is 3.21. The molecule has 0 fully saturated rings. The molecule has 0 amide bonds. The Hall–Kier alpha value is -2.28. The van der Waals surface area contributed by atoms with Crippen molar-refractivity contribution in [2.45, 2.75) is 0 Å². The van der Waals surface area contributed by atoms with Crippen molar-refractivity contribution in [3.63, 3.8) is 0 Å². The van der Waals surface area contributed by atoms with E-state index in [0.717, 1.165) is 4.47 Å². The van der Waals surface area contributed by atoms with E-state index in [0.29, 0.717) is 17.1 Å². The third kappa shape index (κ3) is 3.00. The highest BCUT2D eigenvalue weighted by molar-refractivity contribution is 9.10. The number of nitrogen functional groups attached to an aromatic ring is 1. The Kier molecular flexibility index (Phi) is 4.09. The van der Waals surface area contributed by atoms with Gasteiger partial charge >= 0.3 is 5.97 Å². The molecular weight excluding hydrogens is 326 g/mol. The molecule has 1 heterocycles. The Balaban J connectivity index is 2.37. The second-order valence-corrected chi connectivity index (χ2v) is 4.80. The van der Waals surface area contributed by atoms with Crippen molar-refractivity contribution in [1.82, 2.24) is 4.98 Å². The van der Waals surface area contributed by atoms with Crippen molar-refractivity contribution in [3.05, 3.63) is 40.5 Å². The van der Waals surface area contributed by atoms with Crippen LogP contribution in [0, 0.1) is 0 Å². The summed E-state index contributed by atoms with van der Waals surface area (Å²) in [7, 11) is 1.55. The summed E-state index contributed by atoms with van der Waals surface area (Å²) in [6, 6.07) is 6.65. The van der Waals surface area contributed by atoms with Gasteiger partial charge in [0.2, 0.25) is 0 Å². The van der Waals surface area contributed by atoms with Crippen LogP contribution in [0.3, 0.4) is 0 Å². The molecule has 4 N–H and O–H groups in total. The van der Waals surface area contributed by atoms with Crippen LogP contribution in [0.5, 0.6) is 5.75 Å². The number of nitrogens with one attached hydrogen (secondary N) is 1. The molecule has 0 spiro atoms. The molecule has 2 rings (SSSR count). The number of ether oxygens (including phenoxy) is 1. The Morgan fingerprint density at radius 3 is 2.85 bits per heavy atom. The van der Waals surface area contributed by atoms with Gasteiger partial charge in [0.25, 0.3) is 0 Å². The van der Waals surface area contributed by atoms with E-state index in [9.17, 15) is 4.79 Å². The first-order valence-electron chi connectivity index (χ1n) is 5.60. The summed E-state index contributed by atoms with van der Waals surface area (Å²) in [6.07, 6.45) is 1.39. The first-order valence-corrected chi connectivity index (χ1v) is 6.40. The quantitative estimate of drug-likeness (QED) is 0.793. The van der Waals surface area contributed by atoms with Gasteiger partial charge in [-0.15, -0.1) is 0 Å². The predicted molar refractivity (Wildman–Crippen MR) is 79.6 cm³/mol. The summed E-state index contributed by atoms with van der Waals surface area (Å²) in [4.78, 5) is 15.2. The van der Waals surface area contributed by atoms with Gasteiger partial charge in [-0.1, -0.05) is 0 Å². The van der Waals surface area contributed by atoms with E-state index >= 15 is 0 Å². The number of rotatable bonds is 4. The van der Waals surface area contributed by atoms with Gasteiger partial charge in [-0.2, -0.15) is 0 Å². The van der Waals surface area contributed by atoms with Gasteiger partial charge in [0, 0.05) is 11.8 Å². The Morgan fingerprint density at radius 2 is 2.20 bits per heavy atom. The minimum atomic E-state index is -1.10. The van der Waals surface area contributed by atoms with Crippen LogP contribution in [0.15, 0.2) is 34.9 Å². The lowest BCUT2D eigenvalue weighted by Gasteiger charge is -2.11. The fourth-order valence-corrected chi connectivity index (χ4v) is 2.03. The van der Waals surface area contributed by atoms with Crippen molar-refractivity contribution >= 4 is 39.1 Å². The van der Waals surface area contributed by atoms with Crippen LogP contribution in [-0.4, -0.2) is 23.2 Å². The van der Waals surface area contributed by atoms with Crippen molar-refractivity contribution in [2.24, 2.45) is 0 Å². The van der Waals surface area contributed by atoms with Crippen molar-refractivity contribution in [3.8, 4) is 5.75 Å². The number of carboxylic acid groups (broad SMARTS) is 1. The number of anilines is 3. The number of carboxylic acids is 1. The molecule has 1 aromatic carbocycles. The summed E-state index contributed by atoms with van der Waals surface area (Å²) in [5.41, 5.74) is 6.50. The van der Waals surface area contributed by atoms with Crippen LogP contribution in [-0.2, 0) is 0 Å². The lowest BCUT2D eigenvalue weighted by Crippen LogP contribution is -2.06. The van der Waals surface area contributed by atoms with Crippen molar-refractivity contribution < 1.29 is 14.6 Å². The van der Waals surface area contributed by atoms with Crippen molar-refractivity contribution in [1.29, 1.82) is 0 Å². The fraction of sp³-hybridized carbons (Fsp3) is 0.0769. The molecule has 0 atom stereocenters.